The molecule has 168 valence electrons. The number of aliphatic imine (C=N–C) groups is 1. The lowest BCUT2D eigenvalue weighted by atomic mass is 9.88. The number of halogens is 1. The minimum atomic E-state index is 0. The monoisotopic (exact) mass is 545 g/mol. The van der Waals surface area contributed by atoms with Gasteiger partial charge in [0.15, 0.2) is 5.96 Å². The predicted octanol–water partition coefficient (Wildman–Crippen LogP) is 4.62. The fourth-order valence-corrected chi connectivity index (χ4v) is 5.21. The van der Waals surface area contributed by atoms with Crippen LogP contribution in [0.1, 0.15) is 61.5 Å². The number of piperidine rings is 1. The molecule has 0 bridgehead atoms. The quantitative estimate of drug-likeness (QED) is 0.288. The van der Waals surface area contributed by atoms with Crippen LogP contribution in [0.4, 0.5) is 0 Å². The van der Waals surface area contributed by atoms with Crippen LogP contribution in [0.3, 0.4) is 0 Å². The molecule has 1 fully saturated rings. The van der Waals surface area contributed by atoms with Gasteiger partial charge in [-0.05, 0) is 57.1 Å². The van der Waals surface area contributed by atoms with Gasteiger partial charge in [-0.25, -0.2) is 4.99 Å². The first kappa shape index (κ1) is 25.1. The molecule has 0 aliphatic carbocycles. The molecule has 6 nitrogen and oxygen atoms in total. The van der Waals surface area contributed by atoms with Crippen LogP contribution in [0, 0.1) is 5.92 Å². The second-order valence-electron chi connectivity index (χ2n) is 7.66. The number of hydrogen-bond donors (Lipinski definition) is 2. The smallest absolute Gasteiger partial charge is 0.191 e. The molecule has 0 radical (unpaired) electrons. The van der Waals surface area contributed by atoms with Crippen molar-refractivity contribution in [1.82, 2.24) is 20.7 Å². The fourth-order valence-electron chi connectivity index (χ4n) is 4.23. The van der Waals surface area contributed by atoms with Gasteiger partial charge in [-0.1, -0.05) is 25.1 Å². The molecule has 1 aliphatic heterocycles. The number of thiophene rings is 1. The first-order valence-corrected chi connectivity index (χ1v) is 11.8. The predicted molar refractivity (Wildman–Crippen MR) is 136 cm³/mol. The summed E-state index contributed by atoms with van der Waals surface area (Å²) >= 11 is 1.87. The molecular formula is C22H36IN5OS. The van der Waals surface area contributed by atoms with Crippen LogP contribution in [0.15, 0.2) is 27.0 Å². The summed E-state index contributed by atoms with van der Waals surface area (Å²) in [6, 6.07) is 4.91. The van der Waals surface area contributed by atoms with Gasteiger partial charge in [0.25, 0.3) is 0 Å². The summed E-state index contributed by atoms with van der Waals surface area (Å²) in [7, 11) is 2.25. The van der Waals surface area contributed by atoms with Crippen LogP contribution >= 0.6 is 35.3 Å². The van der Waals surface area contributed by atoms with E-state index >= 15 is 0 Å². The largest absolute Gasteiger partial charge is 0.361 e. The van der Waals surface area contributed by atoms with E-state index in [1.54, 1.807) is 0 Å². The van der Waals surface area contributed by atoms with Gasteiger partial charge in [-0.2, -0.15) is 0 Å². The van der Waals surface area contributed by atoms with E-state index in [9.17, 15) is 0 Å². The van der Waals surface area contributed by atoms with Gasteiger partial charge in [-0.15, -0.1) is 35.3 Å². The Balaban J connectivity index is 0.00000320. The minimum Gasteiger partial charge on any atom is -0.361 e. The Morgan fingerprint density at radius 1 is 1.30 bits per heavy atom. The zero-order chi connectivity index (χ0) is 20.6. The number of aromatic nitrogens is 1. The maximum absolute atomic E-state index is 5.49. The summed E-state index contributed by atoms with van der Waals surface area (Å²) in [6.45, 7) is 9.84. The molecule has 2 N–H and O–H groups in total. The molecule has 1 aliphatic rings. The molecule has 0 amide bonds. The highest BCUT2D eigenvalue weighted by molar-refractivity contribution is 14.0. The molecule has 30 heavy (non-hydrogen) atoms. The number of hydrogen-bond acceptors (Lipinski definition) is 5. The van der Waals surface area contributed by atoms with E-state index < -0.39 is 0 Å². The van der Waals surface area contributed by atoms with E-state index in [0.29, 0.717) is 18.5 Å². The second-order valence-corrected chi connectivity index (χ2v) is 8.64. The van der Waals surface area contributed by atoms with E-state index in [2.05, 4.69) is 66.0 Å². The Morgan fingerprint density at radius 2 is 2.13 bits per heavy atom. The lowest BCUT2D eigenvalue weighted by Crippen LogP contribution is -2.44. The molecule has 3 heterocycles. The Labute approximate surface area is 201 Å². The number of guanidine groups is 1. The lowest BCUT2D eigenvalue weighted by Gasteiger charge is -2.39. The number of nitrogens with zero attached hydrogens (tertiary/aromatic N) is 3. The molecule has 2 aromatic heterocycles. The Morgan fingerprint density at radius 3 is 2.80 bits per heavy atom. The van der Waals surface area contributed by atoms with Gasteiger partial charge in [-0.3, -0.25) is 4.90 Å². The van der Waals surface area contributed by atoms with Gasteiger partial charge < -0.3 is 15.2 Å². The van der Waals surface area contributed by atoms with Crippen molar-refractivity contribution in [2.75, 3.05) is 26.7 Å². The summed E-state index contributed by atoms with van der Waals surface area (Å²) in [5.74, 6) is 2.40. The molecule has 0 aromatic carbocycles. The van der Waals surface area contributed by atoms with Crippen molar-refractivity contribution in [2.24, 2.45) is 10.9 Å². The summed E-state index contributed by atoms with van der Waals surface area (Å²) in [6.07, 6.45) is 4.21. The van der Waals surface area contributed by atoms with Crippen molar-refractivity contribution >= 4 is 41.3 Å². The van der Waals surface area contributed by atoms with Crippen molar-refractivity contribution in [3.05, 3.63) is 39.4 Å². The third-order valence-corrected chi connectivity index (χ3v) is 6.66. The molecule has 2 unspecified atom stereocenters. The zero-order valence-electron chi connectivity index (χ0n) is 18.6. The first-order valence-electron chi connectivity index (χ1n) is 10.9. The van der Waals surface area contributed by atoms with Gasteiger partial charge in [0.2, 0.25) is 0 Å². The zero-order valence-corrected chi connectivity index (χ0v) is 21.8. The normalized spacial score (nSPS) is 20.1. The Hall–Kier alpha value is -1.13. The van der Waals surface area contributed by atoms with Crippen LogP contribution < -0.4 is 10.6 Å². The van der Waals surface area contributed by atoms with Gasteiger partial charge >= 0.3 is 0 Å². The van der Waals surface area contributed by atoms with Crippen molar-refractivity contribution < 1.29 is 4.52 Å². The molecule has 2 atom stereocenters. The number of aryl methyl sites for hydroxylation is 2. The second kappa shape index (κ2) is 12.7. The molecule has 8 heteroatoms. The van der Waals surface area contributed by atoms with E-state index in [1.807, 2.05) is 11.3 Å². The SMILES string of the molecule is CCNC(=NCc1c(CC)noc1CC)NCC1CCCN(C)C1c1cccs1.I. The maximum Gasteiger partial charge on any atom is 0.191 e. The number of nitrogens with one attached hydrogen (secondary N) is 2. The van der Waals surface area contributed by atoms with E-state index in [4.69, 9.17) is 9.52 Å². The number of likely N-dealkylation sites (tertiary alicyclic amines) is 1. The van der Waals surface area contributed by atoms with Crippen LogP contribution in [0.5, 0.6) is 0 Å². The van der Waals surface area contributed by atoms with Gasteiger partial charge in [0.05, 0.1) is 12.2 Å². The molecule has 3 rings (SSSR count). The summed E-state index contributed by atoms with van der Waals surface area (Å²) in [5.41, 5.74) is 2.16. The third-order valence-electron chi connectivity index (χ3n) is 5.72. The average Bonchev–Trinajstić information content (AvgIpc) is 3.39. The van der Waals surface area contributed by atoms with Crippen molar-refractivity contribution in [3.63, 3.8) is 0 Å². The van der Waals surface area contributed by atoms with Crippen molar-refractivity contribution in [1.29, 1.82) is 0 Å². The first-order chi connectivity index (χ1) is 14.2. The van der Waals surface area contributed by atoms with Gasteiger partial charge in [0.1, 0.15) is 5.76 Å². The highest BCUT2D eigenvalue weighted by Gasteiger charge is 2.31. The number of rotatable bonds is 8. The average molecular weight is 546 g/mol. The topological polar surface area (TPSA) is 65.7 Å². The molecule has 2 aromatic rings. The summed E-state index contributed by atoms with van der Waals surface area (Å²) in [5, 5.41) is 13.4. The van der Waals surface area contributed by atoms with Crippen molar-refractivity contribution in [2.45, 2.75) is 59.0 Å². The Kier molecular flexibility index (Phi) is 10.6. The molecule has 0 saturated carbocycles. The standard InChI is InChI=1S/C22H35N5OS.HI/c1-5-18-17(19(6-2)28-26-18)15-25-22(23-7-3)24-14-16-10-8-12-27(4)21(16)20-11-9-13-29-20;/h9,11,13,16,21H,5-8,10,12,14-15H2,1-4H3,(H2,23,24,25);1H. The molecule has 1 saturated heterocycles. The summed E-state index contributed by atoms with van der Waals surface area (Å²) in [4.78, 5) is 8.82. The maximum atomic E-state index is 5.49. The molecular weight excluding hydrogens is 509 g/mol. The lowest BCUT2D eigenvalue weighted by molar-refractivity contribution is 0.125. The van der Waals surface area contributed by atoms with Crippen molar-refractivity contribution in [3.8, 4) is 0 Å². The highest BCUT2D eigenvalue weighted by atomic mass is 127. The van der Waals surface area contributed by atoms with Gasteiger partial charge in [0, 0.05) is 36.0 Å². The third kappa shape index (κ3) is 6.20. The van der Waals surface area contributed by atoms with Crippen LogP contribution in [0.25, 0.3) is 0 Å². The van der Waals surface area contributed by atoms with E-state index in [0.717, 1.165) is 48.9 Å². The Bertz CT molecular complexity index is 755. The minimum absolute atomic E-state index is 0. The molecule has 0 spiro atoms. The highest BCUT2D eigenvalue weighted by Crippen LogP contribution is 2.36. The fraction of sp³-hybridized carbons (Fsp3) is 0.636. The van der Waals surface area contributed by atoms with Crippen LogP contribution in [-0.4, -0.2) is 42.7 Å². The van der Waals surface area contributed by atoms with E-state index in [1.165, 1.54) is 24.3 Å². The van der Waals surface area contributed by atoms with E-state index in [-0.39, 0.29) is 24.0 Å². The van der Waals surface area contributed by atoms with Crippen LogP contribution in [-0.2, 0) is 19.4 Å². The van der Waals surface area contributed by atoms with Crippen LogP contribution in [0.2, 0.25) is 0 Å². The summed E-state index contributed by atoms with van der Waals surface area (Å²) < 4.78 is 5.49.